The third-order valence-corrected chi connectivity index (χ3v) is 6.71. The van der Waals surface area contributed by atoms with Crippen LogP contribution in [0.2, 0.25) is 0 Å². The number of rotatable bonds is 10. The van der Waals surface area contributed by atoms with Crippen molar-refractivity contribution in [2.75, 3.05) is 19.5 Å². The van der Waals surface area contributed by atoms with Crippen LogP contribution in [0.5, 0.6) is 0 Å². The first-order valence-corrected chi connectivity index (χ1v) is 11.4. The van der Waals surface area contributed by atoms with Crippen molar-refractivity contribution in [3.63, 3.8) is 0 Å². The molecule has 1 aliphatic heterocycles. The van der Waals surface area contributed by atoms with E-state index in [1.807, 2.05) is 30.5 Å². The molecule has 1 saturated carbocycles. The van der Waals surface area contributed by atoms with Gasteiger partial charge in [-0.2, -0.15) is 10.5 Å². The van der Waals surface area contributed by atoms with E-state index in [-0.39, 0.29) is 5.84 Å². The molecular formula is C22H28N4O2S. The van der Waals surface area contributed by atoms with Crippen LogP contribution in [0.3, 0.4) is 0 Å². The number of thioether (sulfide) groups is 1. The minimum Gasteiger partial charge on any atom is -0.386 e. The summed E-state index contributed by atoms with van der Waals surface area (Å²) in [6.45, 7) is 4.91. The van der Waals surface area contributed by atoms with Crippen LogP contribution in [-0.4, -0.2) is 31.2 Å². The molecule has 0 bridgehead atoms. The lowest BCUT2D eigenvalue weighted by Crippen LogP contribution is -2.44. The Bertz CT molecular complexity index is 847. The van der Waals surface area contributed by atoms with Crippen molar-refractivity contribution in [1.82, 2.24) is 0 Å². The van der Waals surface area contributed by atoms with Crippen molar-refractivity contribution < 1.29 is 9.47 Å². The van der Waals surface area contributed by atoms with E-state index in [4.69, 9.17) is 15.2 Å². The number of ether oxygens (including phenoxy) is 2. The van der Waals surface area contributed by atoms with Gasteiger partial charge in [-0.25, -0.2) is 4.99 Å². The molecule has 1 aromatic carbocycles. The van der Waals surface area contributed by atoms with Gasteiger partial charge in [-0.05, 0) is 36.8 Å². The maximum atomic E-state index is 10.4. The summed E-state index contributed by atoms with van der Waals surface area (Å²) in [7, 11) is 0. The zero-order valence-electron chi connectivity index (χ0n) is 17.3. The second kappa shape index (κ2) is 8.36. The van der Waals surface area contributed by atoms with Crippen LogP contribution in [-0.2, 0) is 9.47 Å². The normalized spacial score (nSPS) is 28.9. The number of aliphatic imine (C=N–C) groups is 1. The van der Waals surface area contributed by atoms with Crippen molar-refractivity contribution in [2.45, 2.75) is 56.3 Å². The minimum absolute atomic E-state index is 0.133. The first kappa shape index (κ1) is 21.6. The van der Waals surface area contributed by atoms with Crippen molar-refractivity contribution in [3.8, 4) is 12.1 Å². The van der Waals surface area contributed by atoms with Crippen LogP contribution in [0, 0.1) is 33.5 Å². The molecule has 2 N–H and O–H groups in total. The Labute approximate surface area is 177 Å². The van der Waals surface area contributed by atoms with Gasteiger partial charge in [-0.3, -0.25) is 0 Å². The number of amidine groups is 1. The van der Waals surface area contributed by atoms with Gasteiger partial charge in [-0.1, -0.05) is 38.8 Å². The Morgan fingerprint density at radius 3 is 2.10 bits per heavy atom. The number of benzene rings is 1. The standard InChI is InChI=1S/C22H28N4O2S/c1-4-6-12-27-22(28-13-7-5-2)21(15-24)18(20(21,14-23)19(25)26-22)16-8-10-17(29-3)11-9-16/h8-11,18H,4-7,12-13H2,1-3H3,(H2,25,26). The molecule has 0 radical (unpaired) electrons. The van der Waals surface area contributed by atoms with E-state index in [0.29, 0.717) is 13.2 Å². The van der Waals surface area contributed by atoms with Crippen molar-refractivity contribution in [1.29, 1.82) is 10.5 Å². The number of unbranched alkanes of at least 4 members (excludes halogenated alkanes) is 2. The third-order valence-electron chi connectivity index (χ3n) is 5.97. The van der Waals surface area contributed by atoms with E-state index in [0.717, 1.165) is 36.1 Å². The average molecular weight is 413 g/mol. The lowest BCUT2D eigenvalue weighted by Gasteiger charge is -2.32. The monoisotopic (exact) mass is 412 g/mol. The van der Waals surface area contributed by atoms with Crippen LogP contribution < -0.4 is 5.73 Å². The lowest BCUT2D eigenvalue weighted by atomic mass is 9.93. The number of nitriles is 2. The summed E-state index contributed by atoms with van der Waals surface area (Å²) in [5, 5.41) is 20.5. The van der Waals surface area contributed by atoms with Crippen LogP contribution in [0.15, 0.2) is 34.2 Å². The maximum absolute atomic E-state index is 10.4. The first-order chi connectivity index (χ1) is 14.0. The third kappa shape index (κ3) is 2.95. The van der Waals surface area contributed by atoms with Crippen LogP contribution >= 0.6 is 11.8 Å². The second-order valence-electron chi connectivity index (χ2n) is 7.53. The lowest BCUT2D eigenvalue weighted by molar-refractivity contribution is -0.260. The summed E-state index contributed by atoms with van der Waals surface area (Å²) < 4.78 is 12.3. The summed E-state index contributed by atoms with van der Waals surface area (Å²) in [5.41, 5.74) is 4.66. The number of nitrogens with two attached hydrogens (primary N) is 1. The molecule has 3 rings (SSSR count). The van der Waals surface area contributed by atoms with Gasteiger partial charge < -0.3 is 15.2 Å². The molecule has 6 nitrogen and oxygen atoms in total. The van der Waals surface area contributed by atoms with Gasteiger partial charge in [0, 0.05) is 10.8 Å². The molecule has 29 heavy (non-hydrogen) atoms. The zero-order chi connectivity index (χ0) is 21.1. The number of nitrogens with zero attached hydrogens (tertiary/aromatic N) is 3. The van der Waals surface area contributed by atoms with Crippen molar-refractivity contribution in [3.05, 3.63) is 29.8 Å². The summed E-state index contributed by atoms with van der Waals surface area (Å²) in [6.07, 6.45) is 5.50. The van der Waals surface area contributed by atoms with Crippen molar-refractivity contribution in [2.24, 2.45) is 21.6 Å². The van der Waals surface area contributed by atoms with Gasteiger partial charge in [0.05, 0.1) is 25.4 Å². The smallest absolute Gasteiger partial charge is 0.293 e. The molecule has 0 aromatic heterocycles. The highest BCUT2D eigenvalue weighted by Gasteiger charge is 2.93. The molecule has 154 valence electrons. The Balaban J connectivity index is 2.07. The second-order valence-corrected chi connectivity index (χ2v) is 8.41. The Kier molecular flexibility index (Phi) is 6.24. The highest BCUT2D eigenvalue weighted by molar-refractivity contribution is 7.98. The maximum Gasteiger partial charge on any atom is 0.293 e. The SMILES string of the molecule is CCCCOC1(OCCCC)N=C(N)C2(C#N)C(c3ccc(SC)cc3)C12C#N. The quantitative estimate of drug-likeness (QED) is 0.351. The molecule has 7 heteroatoms. The summed E-state index contributed by atoms with van der Waals surface area (Å²) >= 11 is 1.64. The number of fused-ring (bicyclic) bond motifs is 1. The summed E-state index contributed by atoms with van der Waals surface area (Å²) in [4.78, 5) is 5.60. The summed E-state index contributed by atoms with van der Waals surface area (Å²) in [5.74, 6) is -1.86. The first-order valence-electron chi connectivity index (χ1n) is 10.1. The fourth-order valence-electron chi connectivity index (χ4n) is 4.36. The Morgan fingerprint density at radius 1 is 1.07 bits per heavy atom. The van der Waals surface area contributed by atoms with Gasteiger partial charge in [0.2, 0.25) is 0 Å². The van der Waals surface area contributed by atoms with Gasteiger partial charge in [0.15, 0.2) is 5.41 Å². The van der Waals surface area contributed by atoms with Crippen LogP contribution in [0.4, 0.5) is 0 Å². The topological polar surface area (TPSA) is 104 Å². The molecule has 1 aliphatic carbocycles. The van der Waals surface area contributed by atoms with E-state index in [1.54, 1.807) is 11.8 Å². The Hall–Kier alpha value is -2.06. The number of hydrogen-bond donors (Lipinski definition) is 1. The summed E-state index contributed by atoms with van der Waals surface area (Å²) in [6, 6.07) is 12.6. The average Bonchev–Trinajstić information content (AvgIpc) is 3.32. The minimum atomic E-state index is -1.55. The number of hydrogen-bond acceptors (Lipinski definition) is 7. The van der Waals surface area contributed by atoms with E-state index in [9.17, 15) is 10.5 Å². The largest absolute Gasteiger partial charge is 0.386 e. The van der Waals surface area contributed by atoms with Gasteiger partial charge in [0.25, 0.3) is 5.91 Å². The molecule has 0 amide bonds. The molecule has 2 aliphatic rings. The fourth-order valence-corrected chi connectivity index (χ4v) is 4.77. The van der Waals surface area contributed by atoms with Gasteiger partial charge >= 0.3 is 0 Å². The highest BCUT2D eigenvalue weighted by Crippen LogP contribution is 2.82. The fraction of sp³-hybridized carbons (Fsp3) is 0.591. The van der Waals surface area contributed by atoms with E-state index < -0.39 is 22.7 Å². The predicted molar refractivity (Wildman–Crippen MR) is 113 cm³/mol. The van der Waals surface area contributed by atoms with Gasteiger partial charge in [0.1, 0.15) is 11.3 Å². The van der Waals surface area contributed by atoms with E-state index in [2.05, 4.69) is 31.0 Å². The molecule has 0 spiro atoms. The van der Waals surface area contributed by atoms with E-state index >= 15 is 0 Å². The molecule has 1 aromatic rings. The van der Waals surface area contributed by atoms with Crippen LogP contribution in [0.25, 0.3) is 0 Å². The molecule has 0 saturated heterocycles. The molecule has 3 atom stereocenters. The van der Waals surface area contributed by atoms with Gasteiger partial charge in [-0.15, -0.1) is 11.8 Å². The van der Waals surface area contributed by atoms with E-state index in [1.165, 1.54) is 0 Å². The molecule has 3 unspecified atom stereocenters. The predicted octanol–water partition coefficient (Wildman–Crippen LogP) is 4.18. The molecule has 1 heterocycles. The highest BCUT2D eigenvalue weighted by atomic mass is 32.2. The molecular weight excluding hydrogens is 384 g/mol. The van der Waals surface area contributed by atoms with Crippen molar-refractivity contribution >= 4 is 17.6 Å². The molecule has 1 fully saturated rings. The van der Waals surface area contributed by atoms with Crippen LogP contribution in [0.1, 0.15) is 51.0 Å². The zero-order valence-corrected chi connectivity index (χ0v) is 18.1. The Morgan fingerprint density at radius 2 is 1.66 bits per heavy atom.